The third-order valence-electron chi connectivity index (χ3n) is 12.2. The molecule has 4 heteroatoms. The molecule has 5 aliphatic rings. The number of Topliss-reactive ketones (excluding diaryl/α,β-unsaturated/α-hetero) is 1. The normalized spacial score (nSPS) is 47.4. The number of ketones is 1. The number of carbonyl (C=O) groups is 2. The molecule has 0 aromatic carbocycles. The second-order valence-electron chi connectivity index (χ2n) is 13.6. The molecule has 35 heavy (non-hydrogen) atoms. The monoisotopic (exact) mass is 497 g/mol. The maximum atomic E-state index is 13.1. The maximum Gasteiger partial charge on any atom is 0.228 e. The summed E-state index contributed by atoms with van der Waals surface area (Å²) in [5.74, 6) is 1.72. The number of nitrogens with zero attached hydrogens (tertiary/aromatic N) is 1. The number of nitriles is 1. The summed E-state index contributed by atoms with van der Waals surface area (Å²) in [6.45, 7) is 16.8. The first kappa shape index (κ1) is 26.7. The number of hydrogen-bond acceptors (Lipinski definition) is 3. The Morgan fingerprint density at radius 3 is 2.26 bits per heavy atom. The fourth-order valence-corrected chi connectivity index (χ4v) is 10.8. The van der Waals surface area contributed by atoms with Gasteiger partial charge in [-0.2, -0.15) is 5.26 Å². The van der Waals surface area contributed by atoms with Gasteiger partial charge in [0.1, 0.15) is 6.07 Å². The molecule has 3 nitrogen and oxygen atoms in total. The van der Waals surface area contributed by atoms with Crippen LogP contribution < -0.4 is 0 Å². The second-order valence-corrected chi connectivity index (χ2v) is 13.9. The molecule has 0 spiro atoms. The van der Waals surface area contributed by atoms with Gasteiger partial charge in [-0.3, -0.25) is 9.59 Å². The molecule has 7 unspecified atom stereocenters. The van der Waals surface area contributed by atoms with Crippen LogP contribution >= 0.6 is 11.6 Å². The second kappa shape index (κ2) is 8.58. The van der Waals surface area contributed by atoms with E-state index in [-0.39, 0.29) is 38.6 Å². The lowest BCUT2D eigenvalue weighted by molar-refractivity contribution is -0.213. The lowest BCUT2D eigenvalue weighted by atomic mass is 9.33. The molecule has 0 aromatic heterocycles. The molecule has 0 heterocycles. The Kier molecular flexibility index (Phi) is 6.53. The molecule has 5 aliphatic carbocycles. The average molecular weight is 498 g/mol. The molecular weight excluding hydrogens is 454 g/mol. The van der Waals surface area contributed by atoms with E-state index in [9.17, 15) is 14.9 Å². The van der Waals surface area contributed by atoms with Crippen LogP contribution in [-0.4, -0.2) is 11.0 Å². The summed E-state index contributed by atoms with van der Waals surface area (Å²) in [4.78, 5) is 25.7. The molecule has 8 atom stereocenters. The minimum atomic E-state index is -0.494. The summed E-state index contributed by atoms with van der Waals surface area (Å²) in [6.07, 6.45) is 13.5. The molecule has 0 saturated heterocycles. The third-order valence-corrected chi connectivity index (χ3v) is 12.6. The standard InChI is InChI=1S/C28H38ClNO2.C3H6/c1-24(2)20-10-12-27(5)21(25(20,3)15-17(16-30)22(24)31)9-8-18-19-7-6-11-28(19,23(29)32)14-13-26(18,27)4;1-3-2/h15,18-21H,6-14H2,1-5H3;3H,1H2,2H3/t18?,19?,20?,21?,25?,26-,27?,28?;/m1./s1. The van der Waals surface area contributed by atoms with E-state index in [1.807, 2.05) is 6.92 Å². The molecule has 0 aromatic rings. The van der Waals surface area contributed by atoms with Gasteiger partial charge in [-0.25, -0.2) is 0 Å². The average Bonchev–Trinajstić information content (AvgIpc) is 3.23. The van der Waals surface area contributed by atoms with E-state index in [4.69, 9.17) is 11.6 Å². The molecule has 5 rings (SSSR count). The summed E-state index contributed by atoms with van der Waals surface area (Å²) in [6, 6.07) is 2.25. The van der Waals surface area contributed by atoms with Crippen molar-refractivity contribution >= 4 is 22.6 Å². The molecule has 0 radical (unpaired) electrons. The molecule has 0 amide bonds. The van der Waals surface area contributed by atoms with Gasteiger partial charge in [-0.1, -0.05) is 53.2 Å². The summed E-state index contributed by atoms with van der Waals surface area (Å²) < 4.78 is 0. The van der Waals surface area contributed by atoms with Gasteiger partial charge in [0.15, 0.2) is 5.78 Å². The first-order valence-corrected chi connectivity index (χ1v) is 14.1. The van der Waals surface area contributed by atoms with Crippen LogP contribution in [0, 0.1) is 62.1 Å². The lowest BCUT2D eigenvalue weighted by Crippen LogP contribution is -2.65. The predicted octanol–water partition coefficient (Wildman–Crippen LogP) is 8.04. The van der Waals surface area contributed by atoms with E-state index in [0.717, 1.165) is 57.8 Å². The van der Waals surface area contributed by atoms with Crippen molar-refractivity contribution in [3.8, 4) is 6.07 Å². The van der Waals surface area contributed by atoms with Crippen molar-refractivity contribution in [2.45, 2.75) is 99.3 Å². The van der Waals surface area contributed by atoms with E-state index >= 15 is 0 Å². The van der Waals surface area contributed by atoms with Gasteiger partial charge in [-0.05, 0) is 110 Å². The van der Waals surface area contributed by atoms with E-state index in [1.165, 1.54) is 0 Å². The first-order valence-electron chi connectivity index (χ1n) is 13.7. The molecular formula is C31H44ClNO2. The van der Waals surface area contributed by atoms with Crippen LogP contribution in [0.3, 0.4) is 0 Å². The molecule has 0 bridgehead atoms. The zero-order valence-corrected chi connectivity index (χ0v) is 23.4. The summed E-state index contributed by atoms with van der Waals surface area (Å²) >= 11 is 6.28. The summed E-state index contributed by atoms with van der Waals surface area (Å²) in [5, 5.41) is 9.71. The summed E-state index contributed by atoms with van der Waals surface area (Å²) in [7, 11) is 0. The molecule has 4 fully saturated rings. The van der Waals surface area contributed by atoms with E-state index in [2.05, 4.69) is 53.3 Å². The van der Waals surface area contributed by atoms with Crippen molar-refractivity contribution in [2.75, 3.05) is 0 Å². The zero-order chi connectivity index (χ0) is 26.0. The van der Waals surface area contributed by atoms with Crippen LogP contribution in [0.25, 0.3) is 0 Å². The predicted molar refractivity (Wildman–Crippen MR) is 141 cm³/mol. The van der Waals surface area contributed by atoms with E-state index in [1.54, 1.807) is 6.08 Å². The van der Waals surface area contributed by atoms with Crippen molar-refractivity contribution < 1.29 is 9.59 Å². The number of hydrogen-bond donors (Lipinski definition) is 0. The SMILES string of the molecule is C=CC.CC1(C)C(=O)C(C#N)=CC2(C)C1CCC1(C)C2CCC2C3CCCC3(C(=O)Cl)CC[C@]21C. The molecule has 4 saturated carbocycles. The quantitative estimate of drug-likeness (QED) is 0.272. The van der Waals surface area contributed by atoms with Crippen molar-refractivity contribution in [1.82, 2.24) is 0 Å². The number of halogens is 1. The largest absolute Gasteiger partial charge is 0.293 e. The fourth-order valence-electron chi connectivity index (χ4n) is 10.5. The highest BCUT2D eigenvalue weighted by molar-refractivity contribution is 6.64. The zero-order valence-electron chi connectivity index (χ0n) is 22.7. The van der Waals surface area contributed by atoms with Crippen molar-refractivity contribution in [3.05, 3.63) is 24.3 Å². The van der Waals surface area contributed by atoms with Gasteiger partial charge in [0.25, 0.3) is 0 Å². The molecule has 192 valence electrons. The van der Waals surface area contributed by atoms with Crippen LogP contribution in [0.15, 0.2) is 24.3 Å². The highest BCUT2D eigenvalue weighted by Crippen LogP contribution is 2.76. The van der Waals surface area contributed by atoms with Gasteiger partial charge in [-0.15, -0.1) is 6.58 Å². The smallest absolute Gasteiger partial charge is 0.228 e. The maximum absolute atomic E-state index is 13.1. The van der Waals surface area contributed by atoms with Crippen LogP contribution in [0.2, 0.25) is 0 Å². The Labute approximate surface area is 217 Å². The van der Waals surface area contributed by atoms with Crippen LogP contribution in [0.5, 0.6) is 0 Å². The first-order chi connectivity index (χ1) is 16.3. The number of carbonyl (C=O) groups excluding carboxylic acids is 2. The Morgan fingerprint density at radius 2 is 1.66 bits per heavy atom. The fraction of sp³-hybridized carbons (Fsp3) is 0.774. The Bertz CT molecular complexity index is 1010. The Balaban J connectivity index is 0.000000917. The van der Waals surface area contributed by atoms with Crippen molar-refractivity contribution in [1.29, 1.82) is 5.26 Å². The van der Waals surface area contributed by atoms with Crippen molar-refractivity contribution in [3.63, 3.8) is 0 Å². The lowest BCUT2D eigenvalue weighted by Gasteiger charge is -2.71. The molecule has 0 aliphatic heterocycles. The van der Waals surface area contributed by atoms with Gasteiger partial charge in [0.05, 0.1) is 5.57 Å². The van der Waals surface area contributed by atoms with Gasteiger partial charge < -0.3 is 0 Å². The third kappa shape index (κ3) is 3.34. The number of allylic oxidation sites excluding steroid dienone is 3. The van der Waals surface area contributed by atoms with Crippen LogP contribution in [-0.2, 0) is 9.59 Å². The highest BCUT2D eigenvalue weighted by Gasteiger charge is 2.70. The minimum absolute atomic E-state index is 0.0278. The van der Waals surface area contributed by atoms with Crippen LogP contribution in [0.1, 0.15) is 99.3 Å². The van der Waals surface area contributed by atoms with Gasteiger partial charge >= 0.3 is 0 Å². The Hall–Kier alpha value is -1.40. The highest BCUT2D eigenvalue weighted by atomic mass is 35.5. The topological polar surface area (TPSA) is 57.9 Å². The van der Waals surface area contributed by atoms with Crippen molar-refractivity contribution in [2.24, 2.45) is 50.7 Å². The summed E-state index contributed by atoms with van der Waals surface area (Å²) in [5.41, 5.74) is -0.249. The van der Waals surface area contributed by atoms with E-state index in [0.29, 0.717) is 23.3 Å². The Morgan fingerprint density at radius 1 is 1.00 bits per heavy atom. The van der Waals surface area contributed by atoms with E-state index < -0.39 is 5.41 Å². The van der Waals surface area contributed by atoms with Gasteiger partial charge in [0.2, 0.25) is 5.24 Å². The van der Waals surface area contributed by atoms with Gasteiger partial charge in [0, 0.05) is 10.8 Å². The van der Waals surface area contributed by atoms with Crippen LogP contribution in [0.4, 0.5) is 0 Å². The molecule has 0 N–H and O–H groups in total. The number of rotatable bonds is 1. The minimum Gasteiger partial charge on any atom is -0.293 e. The number of fused-ring (bicyclic) bond motifs is 7.